The van der Waals surface area contributed by atoms with Gasteiger partial charge in [0.1, 0.15) is 11.8 Å². The second-order valence-corrected chi connectivity index (χ2v) is 9.24. The van der Waals surface area contributed by atoms with E-state index in [9.17, 15) is 24.3 Å². The number of phenols is 1. The maximum absolute atomic E-state index is 12.8. The molecule has 0 unspecified atom stereocenters. The number of benzene rings is 2. The van der Waals surface area contributed by atoms with Gasteiger partial charge >= 0.3 is 0 Å². The molecule has 206 valence electrons. The third kappa shape index (κ3) is 11.1. The maximum Gasteiger partial charge on any atom is 0.245 e. The maximum atomic E-state index is 12.8. The summed E-state index contributed by atoms with van der Waals surface area (Å²) < 4.78 is 0. The van der Waals surface area contributed by atoms with E-state index >= 15 is 0 Å². The Kier molecular flexibility index (Phi) is 13.0. The summed E-state index contributed by atoms with van der Waals surface area (Å²) in [6.07, 6.45) is 3.65. The zero-order valence-corrected chi connectivity index (χ0v) is 22.0. The summed E-state index contributed by atoms with van der Waals surface area (Å²) >= 11 is 0. The molecule has 2 rings (SSSR count). The fourth-order valence-electron chi connectivity index (χ4n) is 3.71. The Hall–Kier alpha value is -3.76. The van der Waals surface area contributed by atoms with Crippen LogP contribution in [-0.2, 0) is 32.0 Å². The molecule has 0 radical (unpaired) electrons. The zero-order chi connectivity index (χ0) is 27.9. The van der Waals surface area contributed by atoms with Gasteiger partial charge < -0.3 is 26.8 Å². The zero-order valence-electron chi connectivity index (χ0n) is 22.0. The molecule has 0 spiro atoms. The molecule has 0 aliphatic heterocycles. The van der Waals surface area contributed by atoms with Crippen LogP contribution >= 0.6 is 0 Å². The van der Waals surface area contributed by atoms with Crippen molar-refractivity contribution in [2.45, 2.75) is 64.1 Å². The SMILES string of the molecule is CCCCCN[C@@H](Cc1ccccc1)C(=O)NC(=O)CNC(=O)[C@@H](C)NC(=O)[C@@H](N)Cc1ccc(O)cc1. The highest BCUT2D eigenvalue weighted by Crippen LogP contribution is 2.11. The van der Waals surface area contributed by atoms with E-state index in [1.54, 1.807) is 12.1 Å². The second kappa shape index (κ2) is 16.2. The molecule has 0 aliphatic carbocycles. The first kappa shape index (κ1) is 30.5. The Labute approximate surface area is 223 Å². The molecular weight excluding hydrogens is 486 g/mol. The van der Waals surface area contributed by atoms with Crippen molar-refractivity contribution < 1.29 is 24.3 Å². The van der Waals surface area contributed by atoms with Crippen LogP contribution in [0.25, 0.3) is 0 Å². The highest BCUT2D eigenvalue weighted by molar-refractivity contribution is 6.00. The van der Waals surface area contributed by atoms with Gasteiger partial charge in [0.25, 0.3) is 0 Å². The quantitative estimate of drug-likeness (QED) is 0.188. The van der Waals surface area contributed by atoms with Gasteiger partial charge in [-0.3, -0.25) is 24.5 Å². The van der Waals surface area contributed by atoms with Crippen molar-refractivity contribution in [3.63, 3.8) is 0 Å². The van der Waals surface area contributed by atoms with Crippen molar-refractivity contribution in [1.82, 2.24) is 21.3 Å². The summed E-state index contributed by atoms with van der Waals surface area (Å²) in [4.78, 5) is 49.9. The van der Waals surface area contributed by atoms with Crippen LogP contribution in [0, 0.1) is 0 Å². The number of unbranched alkanes of at least 4 members (excludes halogenated alkanes) is 2. The molecule has 0 bridgehead atoms. The average Bonchev–Trinajstić information content (AvgIpc) is 2.90. The Morgan fingerprint density at radius 2 is 1.53 bits per heavy atom. The minimum atomic E-state index is -0.942. The number of carbonyl (C=O) groups excluding carboxylic acids is 4. The molecular formula is C28H39N5O5. The van der Waals surface area contributed by atoms with Gasteiger partial charge in [0.2, 0.25) is 23.6 Å². The van der Waals surface area contributed by atoms with Gasteiger partial charge in [-0.2, -0.15) is 0 Å². The standard InChI is InChI=1S/C28H39N5O5/c1-3-4-8-15-30-24(17-20-9-6-5-7-10-20)28(38)33-25(35)18-31-26(36)19(2)32-27(37)23(29)16-21-11-13-22(34)14-12-21/h5-7,9-14,19,23-24,30,34H,3-4,8,15-18,29H2,1-2H3,(H,31,36)(H,32,37)(H,33,35,38)/t19-,23+,24+/m1/s1. The largest absolute Gasteiger partial charge is 0.508 e. The molecule has 0 aliphatic rings. The van der Waals surface area contributed by atoms with Gasteiger partial charge in [0.05, 0.1) is 18.6 Å². The number of aromatic hydroxyl groups is 1. The number of phenolic OH excluding ortho intramolecular Hbond substituents is 1. The lowest BCUT2D eigenvalue weighted by Gasteiger charge is -2.19. The number of hydrogen-bond acceptors (Lipinski definition) is 7. The summed E-state index contributed by atoms with van der Waals surface area (Å²) in [6.45, 7) is 3.80. The number of rotatable bonds is 15. The van der Waals surface area contributed by atoms with Crippen LogP contribution in [0.2, 0.25) is 0 Å². The molecule has 7 N–H and O–H groups in total. The highest BCUT2D eigenvalue weighted by atomic mass is 16.3. The van der Waals surface area contributed by atoms with Gasteiger partial charge in [-0.15, -0.1) is 0 Å². The van der Waals surface area contributed by atoms with E-state index in [0.717, 1.165) is 30.4 Å². The number of hydrogen-bond donors (Lipinski definition) is 6. The molecule has 0 fully saturated rings. The van der Waals surface area contributed by atoms with Gasteiger partial charge in [-0.05, 0) is 56.0 Å². The average molecular weight is 526 g/mol. The molecule has 0 aromatic heterocycles. The van der Waals surface area contributed by atoms with Gasteiger partial charge in [-0.25, -0.2) is 0 Å². The van der Waals surface area contributed by atoms with Gasteiger partial charge in [0, 0.05) is 0 Å². The minimum absolute atomic E-state index is 0.109. The topological polar surface area (TPSA) is 163 Å². The number of nitrogens with one attached hydrogen (secondary N) is 4. The summed E-state index contributed by atoms with van der Waals surface area (Å²) in [6, 6.07) is 13.4. The molecule has 3 atom stereocenters. The third-order valence-electron chi connectivity index (χ3n) is 5.94. The molecule has 10 heteroatoms. The van der Waals surface area contributed by atoms with Crippen molar-refractivity contribution in [2.24, 2.45) is 5.73 Å². The van der Waals surface area contributed by atoms with Crippen molar-refractivity contribution >= 4 is 23.6 Å². The van der Waals surface area contributed by atoms with E-state index in [4.69, 9.17) is 5.73 Å². The summed E-state index contributed by atoms with van der Waals surface area (Å²) in [5.41, 5.74) is 7.66. The lowest BCUT2D eigenvalue weighted by Crippen LogP contribution is -2.53. The fraction of sp³-hybridized carbons (Fsp3) is 0.429. The Morgan fingerprint density at radius 3 is 2.18 bits per heavy atom. The monoisotopic (exact) mass is 525 g/mol. The normalized spacial score (nSPS) is 13.1. The van der Waals surface area contributed by atoms with Crippen LogP contribution in [-0.4, -0.2) is 60.0 Å². The van der Waals surface area contributed by atoms with Crippen molar-refractivity contribution in [3.05, 3.63) is 65.7 Å². The predicted molar refractivity (Wildman–Crippen MR) is 145 cm³/mol. The van der Waals surface area contributed by atoms with Crippen LogP contribution in [0.4, 0.5) is 0 Å². The Balaban J connectivity index is 1.80. The third-order valence-corrected chi connectivity index (χ3v) is 5.94. The fourth-order valence-corrected chi connectivity index (χ4v) is 3.71. The minimum Gasteiger partial charge on any atom is -0.508 e. The number of imide groups is 1. The van der Waals surface area contributed by atoms with Crippen molar-refractivity contribution in [2.75, 3.05) is 13.1 Å². The van der Waals surface area contributed by atoms with Crippen molar-refractivity contribution in [1.29, 1.82) is 0 Å². The van der Waals surface area contributed by atoms with Crippen molar-refractivity contribution in [3.8, 4) is 5.75 Å². The van der Waals surface area contributed by atoms with Gasteiger partial charge in [0.15, 0.2) is 0 Å². The molecule has 2 aromatic rings. The molecule has 38 heavy (non-hydrogen) atoms. The molecule has 4 amide bonds. The smallest absolute Gasteiger partial charge is 0.245 e. The molecule has 2 aromatic carbocycles. The summed E-state index contributed by atoms with van der Waals surface area (Å²) in [5, 5.41) is 19.9. The molecule has 10 nitrogen and oxygen atoms in total. The number of carbonyl (C=O) groups is 4. The molecule has 0 saturated carbocycles. The van der Waals surface area contributed by atoms with Crippen LogP contribution in [0.3, 0.4) is 0 Å². The Morgan fingerprint density at radius 1 is 0.868 bits per heavy atom. The summed E-state index contributed by atoms with van der Waals surface area (Å²) in [5.74, 6) is -2.13. The van der Waals surface area contributed by atoms with E-state index in [0.29, 0.717) is 13.0 Å². The Bertz CT molecular complexity index is 1050. The van der Waals surface area contributed by atoms with Crippen LogP contribution in [0.1, 0.15) is 44.2 Å². The van der Waals surface area contributed by atoms with E-state index in [2.05, 4.69) is 28.2 Å². The van der Waals surface area contributed by atoms with E-state index in [1.807, 2.05) is 30.3 Å². The van der Waals surface area contributed by atoms with Crippen LogP contribution < -0.4 is 27.0 Å². The van der Waals surface area contributed by atoms with Crippen LogP contribution in [0.15, 0.2) is 54.6 Å². The first-order valence-corrected chi connectivity index (χ1v) is 12.9. The summed E-state index contributed by atoms with van der Waals surface area (Å²) in [7, 11) is 0. The van der Waals surface area contributed by atoms with Gasteiger partial charge in [-0.1, -0.05) is 62.2 Å². The molecule has 0 heterocycles. The van der Waals surface area contributed by atoms with Crippen LogP contribution in [0.5, 0.6) is 5.75 Å². The highest BCUT2D eigenvalue weighted by Gasteiger charge is 2.23. The lowest BCUT2D eigenvalue weighted by atomic mass is 10.0. The predicted octanol–water partition coefficient (Wildman–Crippen LogP) is 0.917. The first-order chi connectivity index (χ1) is 18.2. The lowest BCUT2D eigenvalue weighted by molar-refractivity contribution is -0.133. The first-order valence-electron chi connectivity index (χ1n) is 12.9. The number of nitrogens with two attached hydrogens (primary N) is 1. The number of amides is 4. The molecule has 0 saturated heterocycles. The van der Waals surface area contributed by atoms with E-state index < -0.39 is 48.3 Å². The van der Waals surface area contributed by atoms with E-state index in [-0.39, 0.29) is 12.2 Å². The van der Waals surface area contributed by atoms with E-state index in [1.165, 1.54) is 19.1 Å². The second-order valence-electron chi connectivity index (χ2n) is 9.24.